The average Bonchev–Trinajstić information content (AvgIpc) is 3.29. The molecule has 1 aliphatic heterocycles. The molecule has 3 rings (SSSR count). The Labute approximate surface area is 131 Å². The zero-order valence-corrected chi connectivity index (χ0v) is 13.5. The molecule has 4 nitrogen and oxygen atoms in total. The summed E-state index contributed by atoms with van der Waals surface area (Å²) in [7, 11) is 0. The van der Waals surface area contributed by atoms with Crippen molar-refractivity contribution in [3.63, 3.8) is 0 Å². The van der Waals surface area contributed by atoms with E-state index in [0.717, 1.165) is 17.7 Å². The van der Waals surface area contributed by atoms with Crippen LogP contribution in [0, 0.1) is 11.8 Å². The highest BCUT2D eigenvalue weighted by Gasteiger charge is 2.43. The maximum Gasteiger partial charge on any atom is 0.338 e. The molecule has 1 unspecified atom stereocenters. The fourth-order valence-electron chi connectivity index (χ4n) is 3.70. The molecule has 0 radical (unpaired) electrons. The molecule has 1 saturated carbocycles. The first-order chi connectivity index (χ1) is 10.5. The second-order valence-corrected chi connectivity index (χ2v) is 6.46. The van der Waals surface area contributed by atoms with Crippen LogP contribution in [-0.2, 0) is 16.0 Å². The lowest BCUT2D eigenvalue weighted by atomic mass is 9.83. The molecule has 4 heteroatoms. The van der Waals surface area contributed by atoms with E-state index in [2.05, 4.69) is 6.92 Å². The first-order valence-electron chi connectivity index (χ1n) is 8.12. The molecule has 0 bridgehead atoms. The number of nitrogens with zero attached hydrogens (tertiary/aromatic N) is 1. The number of fused-ring (bicyclic) bond motifs is 1. The first kappa shape index (κ1) is 15.1. The lowest BCUT2D eigenvalue weighted by Crippen LogP contribution is -2.48. The van der Waals surface area contributed by atoms with Crippen LogP contribution in [0.3, 0.4) is 0 Å². The van der Waals surface area contributed by atoms with Gasteiger partial charge in [-0.25, -0.2) is 4.79 Å². The zero-order valence-electron chi connectivity index (χ0n) is 13.5. The molecule has 22 heavy (non-hydrogen) atoms. The third-order valence-corrected chi connectivity index (χ3v) is 4.72. The molecule has 1 fully saturated rings. The number of carbonyl (C=O) groups excluding carboxylic acids is 2. The highest BCUT2D eigenvalue weighted by molar-refractivity contribution is 5.96. The Hall–Kier alpha value is -1.84. The Bertz CT molecular complexity index is 606. The van der Waals surface area contributed by atoms with Crippen molar-refractivity contribution in [2.75, 3.05) is 11.5 Å². The molecular formula is C18H23NO3. The Morgan fingerprint density at radius 2 is 2.05 bits per heavy atom. The van der Waals surface area contributed by atoms with Crippen LogP contribution in [0.1, 0.15) is 49.5 Å². The number of ether oxygens (including phenoxy) is 1. The lowest BCUT2D eigenvalue weighted by Gasteiger charge is -2.41. The summed E-state index contributed by atoms with van der Waals surface area (Å²) in [5.41, 5.74) is 2.61. The number of carbonyl (C=O) groups is 2. The van der Waals surface area contributed by atoms with Gasteiger partial charge in [0.1, 0.15) is 0 Å². The smallest absolute Gasteiger partial charge is 0.338 e. The van der Waals surface area contributed by atoms with Crippen LogP contribution in [0.15, 0.2) is 18.2 Å². The largest absolute Gasteiger partial charge is 0.462 e. The average molecular weight is 301 g/mol. The van der Waals surface area contributed by atoms with Crippen molar-refractivity contribution in [3.8, 4) is 0 Å². The minimum Gasteiger partial charge on any atom is -0.462 e. The van der Waals surface area contributed by atoms with E-state index in [-0.39, 0.29) is 11.9 Å². The van der Waals surface area contributed by atoms with E-state index < -0.39 is 0 Å². The molecule has 1 heterocycles. The summed E-state index contributed by atoms with van der Waals surface area (Å²) in [6.45, 7) is 6.01. The minimum absolute atomic E-state index is 0.0913. The topological polar surface area (TPSA) is 46.6 Å². The lowest BCUT2D eigenvalue weighted by molar-refractivity contribution is -0.117. The van der Waals surface area contributed by atoms with Gasteiger partial charge in [0.2, 0.25) is 5.91 Å². The summed E-state index contributed by atoms with van der Waals surface area (Å²) >= 11 is 0. The summed E-state index contributed by atoms with van der Waals surface area (Å²) in [5.74, 6) is 0.850. The first-order valence-corrected chi connectivity index (χ1v) is 8.12. The van der Waals surface area contributed by atoms with E-state index in [1.807, 2.05) is 17.0 Å². The van der Waals surface area contributed by atoms with E-state index >= 15 is 0 Å². The van der Waals surface area contributed by atoms with Gasteiger partial charge in [0, 0.05) is 18.7 Å². The van der Waals surface area contributed by atoms with Crippen LogP contribution in [0.4, 0.5) is 5.69 Å². The normalized spacial score (nSPS) is 23.9. The SMILES string of the molecule is CCOC(=O)c1ccc2c(c1)CC(C)[C@H](C1CC1)N2C(C)=O. The van der Waals surface area contributed by atoms with Crippen LogP contribution in [0.25, 0.3) is 0 Å². The van der Waals surface area contributed by atoms with Crippen LogP contribution in [-0.4, -0.2) is 24.5 Å². The Kier molecular flexibility index (Phi) is 3.94. The summed E-state index contributed by atoms with van der Waals surface area (Å²) in [6, 6.07) is 5.87. The second-order valence-electron chi connectivity index (χ2n) is 6.46. The predicted molar refractivity (Wildman–Crippen MR) is 84.9 cm³/mol. The Morgan fingerprint density at radius 1 is 1.32 bits per heavy atom. The minimum atomic E-state index is -0.295. The van der Waals surface area contributed by atoms with Gasteiger partial charge in [-0.2, -0.15) is 0 Å². The molecule has 0 spiro atoms. The van der Waals surface area contributed by atoms with E-state index in [0.29, 0.717) is 30.0 Å². The second kappa shape index (κ2) is 5.75. The fraction of sp³-hybridized carbons (Fsp3) is 0.556. The summed E-state index contributed by atoms with van der Waals surface area (Å²) in [4.78, 5) is 26.1. The highest BCUT2D eigenvalue weighted by Crippen LogP contribution is 2.45. The summed E-state index contributed by atoms with van der Waals surface area (Å²) in [5, 5.41) is 0. The molecule has 1 aromatic carbocycles. The van der Waals surface area contributed by atoms with Crippen molar-refractivity contribution in [2.24, 2.45) is 11.8 Å². The van der Waals surface area contributed by atoms with Crippen molar-refractivity contribution >= 4 is 17.6 Å². The highest BCUT2D eigenvalue weighted by atomic mass is 16.5. The zero-order chi connectivity index (χ0) is 15.9. The van der Waals surface area contributed by atoms with Crippen molar-refractivity contribution in [3.05, 3.63) is 29.3 Å². The molecule has 0 aromatic heterocycles. The monoisotopic (exact) mass is 301 g/mol. The van der Waals surface area contributed by atoms with Gasteiger partial charge in [-0.05, 0) is 61.8 Å². The number of benzene rings is 1. The van der Waals surface area contributed by atoms with Crippen LogP contribution < -0.4 is 4.90 Å². The molecule has 0 N–H and O–H groups in total. The van der Waals surface area contributed by atoms with Gasteiger partial charge in [-0.3, -0.25) is 4.79 Å². The van der Waals surface area contributed by atoms with Crippen molar-refractivity contribution in [2.45, 2.75) is 46.1 Å². The predicted octanol–water partition coefficient (Wildman–Crippen LogP) is 3.19. The van der Waals surface area contributed by atoms with Gasteiger partial charge >= 0.3 is 5.97 Å². The third kappa shape index (κ3) is 2.62. The van der Waals surface area contributed by atoms with Crippen molar-refractivity contribution in [1.82, 2.24) is 0 Å². The molecule has 118 valence electrons. The molecule has 1 amide bonds. The molecular weight excluding hydrogens is 278 g/mol. The number of anilines is 1. The van der Waals surface area contributed by atoms with Gasteiger partial charge in [0.25, 0.3) is 0 Å². The quantitative estimate of drug-likeness (QED) is 0.806. The van der Waals surface area contributed by atoms with E-state index in [4.69, 9.17) is 4.74 Å². The summed E-state index contributed by atoms with van der Waals surface area (Å²) in [6.07, 6.45) is 3.34. The third-order valence-electron chi connectivity index (χ3n) is 4.72. The van der Waals surface area contributed by atoms with E-state index in [1.165, 1.54) is 12.8 Å². The number of esters is 1. The molecule has 2 aliphatic rings. The van der Waals surface area contributed by atoms with Crippen molar-refractivity contribution < 1.29 is 14.3 Å². The standard InChI is InChI=1S/C18H23NO3/c1-4-22-18(21)14-7-8-16-15(10-14)9-11(2)17(13-5-6-13)19(16)12(3)20/h7-8,10-11,13,17H,4-6,9H2,1-3H3/t11?,17-/m1/s1. The van der Waals surface area contributed by atoms with Crippen LogP contribution >= 0.6 is 0 Å². The van der Waals surface area contributed by atoms with Crippen LogP contribution in [0.5, 0.6) is 0 Å². The molecule has 1 aromatic rings. The number of hydrogen-bond donors (Lipinski definition) is 0. The molecule has 2 atom stereocenters. The molecule has 1 aliphatic carbocycles. The number of amides is 1. The van der Waals surface area contributed by atoms with Gasteiger partial charge in [-0.1, -0.05) is 6.92 Å². The van der Waals surface area contributed by atoms with Crippen molar-refractivity contribution in [1.29, 1.82) is 0 Å². The van der Waals surface area contributed by atoms with Crippen LogP contribution in [0.2, 0.25) is 0 Å². The van der Waals surface area contributed by atoms with E-state index in [9.17, 15) is 9.59 Å². The van der Waals surface area contributed by atoms with Gasteiger partial charge in [0.15, 0.2) is 0 Å². The Morgan fingerprint density at radius 3 is 2.64 bits per heavy atom. The number of hydrogen-bond acceptors (Lipinski definition) is 3. The number of rotatable bonds is 3. The fourth-order valence-corrected chi connectivity index (χ4v) is 3.70. The van der Waals surface area contributed by atoms with Gasteiger partial charge in [-0.15, -0.1) is 0 Å². The summed E-state index contributed by atoms with van der Waals surface area (Å²) < 4.78 is 5.07. The van der Waals surface area contributed by atoms with E-state index in [1.54, 1.807) is 19.9 Å². The van der Waals surface area contributed by atoms with Gasteiger partial charge in [0.05, 0.1) is 12.2 Å². The maximum absolute atomic E-state index is 12.2. The maximum atomic E-state index is 12.2. The molecule has 0 saturated heterocycles. The van der Waals surface area contributed by atoms with Gasteiger partial charge < -0.3 is 9.64 Å². The Balaban J connectivity index is 1.98.